The first-order chi connectivity index (χ1) is 7.54. The number of nitrogens with zero attached hydrogens (tertiary/aromatic N) is 2. The Morgan fingerprint density at radius 1 is 1.38 bits per heavy atom. The number of anilines is 1. The van der Waals surface area contributed by atoms with Crippen molar-refractivity contribution in [3.63, 3.8) is 0 Å². The highest BCUT2D eigenvalue weighted by Gasteiger charge is 2.18. The SMILES string of the molecule is CC(C)(C)Cn1ccnc1NC1CCCC1. The summed E-state index contributed by atoms with van der Waals surface area (Å²) in [5, 5.41) is 3.56. The summed E-state index contributed by atoms with van der Waals surface area (Å²) >= 11 is 0. The molecule has 2 rings (SSSR count). The summed E-state index contributed by atoms with van der Waals surface area (Å²) in [6, 6.07) is 0.640. The number of imidazole rings is 1. The van der Waals surface area contributed by atoms with Gasteiger partial charge in [0.2, 0.25) is 5.95 Å². The van der Waals surface area contributed by atoms with Crippen LogP contribution in [0.3, 0.4) is 0 Å². The molecule has 3 heteroatoms. The van der Waals surface area contributed by atoms with Crippen molar-refractivity contribution in [2.24, 2.45) is 5.41 Å². The summed E-state index contributed by atoms with van der Waals surface area (Å²) in [7, 11) is 0. The fourth-order valence-corrected chi connectivity index (χ4v) is 2.34. The highest BCUT2D eigenvalue weighted by atomic mass is 15.2. The van der Waals surface area contributed by atoms with Gasteiger partial charge in [-0.25, -0.2) is 4.98 Å². The molecule has 90 valence electrons. The van der Waals surface area contributed by atoms with Gasteiger partial charge in [-0.05, 0) is 18.3 Å². The summed E-state index contributed by atoms with van der Waals surface area (Å²) in [5.41, 5.74) is 0.298. The van der Waals surface area contributed by atoms with Gasteiger partial charge in [0, 0.05) is 25.0 Å². The van der Waals surface area contributed by atoms with Crippen molar-refractivity contribution < 1.29 is 0 Å². The van der Waals surface area contributed by atoms with Gasteiger partial charge < -0.3 is 9.88 Å². The lowest BCUT2D eigenvalue weighted by molar-refractivity contribution is 0.345. The average molecular weight is 221 g/mol. The second-order valence-electron chi connectivity index (χ2n) is 6.07. The van der Waals surface area contributed by atoms with E-state index in [0.29, 0.717) is 11.5 Å². The third kappa shape index (κ3) is 3.00. The van der Waals surface area contributed by atoms with E-state index in [2.05, 4.69) is 41.8 Å². The average Bonchev–Trinajstić information content (AvgIpc) is 2.77. The van der Waals surface area contributed by atoms with Crippen LogP contribution in [0.1, 0.15) is 46.5 Å². The van der Waals surface area contributed by atoms with Gasteiger partial charge in [-0.1, -0.05) is 33.6 Å². The van der Waals surface area contributed by atoms with Crippen LogP contribution in [0.15, 0.2) is 12.4 Å². The molecular weight excluding hydrogens is 198 g/mol. The summed E-state index contributed by atoms with van der Waals surface area (Å²) in [5.74, 6) is 1.04. The summed E-state index contributed by atoms with van der Waals surface area (Å²) in [6.45, 7) is 7.78. The number of hydrogen-bond donors (Lipinski definition) is 1. The van der Waals surface area contributed by atoms with Gasteiger partial charge in [-0.15, -0.1) is 0 Å². The number of hydrogen-bond acceptors (Lipinski definition) is 2. The number of nitrogens with one attached hydrogen (secondary N) is 1. The minimum Gasteiger partial charge on any atom is -0.353 e. The molecule has 0 aromatic carbocycles. The fourth-order valence-electron chi connectivity index (χ4n) is 2.34. The molecule has 1 aromatic rings. The van der Waals surface area contributed by atoms with E-state index in [4.69, 9.17) is 0 Å². The molecule has 1 aliphatic rings. The smallest absolute Gasteiger partial charge is 0.203 e. The van der Waals surface area contributed by atoms with Crippen molar-refractivity contribution in [1.29, 1.82) is 0 Å². The zero-order valence-electron chi connectivity index (χ0n) is 10.7. The molecule has 16 heavy (non-hydrogen) atoms. The quantitative estimate of drug-likeness (QED) is 0.849. The lowest BCUT2D eigenvalue weighted by Gasteiger charge is -2.22. The summed E-state index contributed by atoms with van der Waals surface area (Å²) < 4.78 is 2.23. The number of rotatable bonds is 3. The monoisotopic (exact) mass is 221 g/mol. The van der Waals surface area contributed by atoms with Gasteiger partial charge in [0.25, 0.3) is 0 Å². The van der Waals surface area contributed by atoms with Crippen LogP contribution in [0.4, 0.5) is 5.95 Å². The van der Waals surface area contributed by atoms with E-state index in [1.807, 2.05) is 6.20 Å². The molecule has 0 radical (unpaired) electrons. The topological polar surface area (TPSA) is 29.9 Å². The van der Waals surface area contributed by atoms with Crippen LogP contribution >= 0.6 is 0 Å². The van der Waals surface area contributed by atoms with Gasteiger partial charge in [0.1, 0.15) is 0 Å². The van der Waals surface area contributed by atoms with E-state index in [1.54, 1.807) is 0 Å². The van der Waals surface area contributed by atoms with Crippen molar-refractivity contribution in [1.82, 2.24) is 9.55 Å². The molecule has 0 saturated heterocycles. The van der Waals surface area contributed by atoms with Crippen molar-refractivity contribution in [3.8, 4) is 0 Å². The minimum atomic E-state index is 0.298. The Morgan fingerprint density at radius 2 is 2.06 bits per heavy atom. The molecule has 1 saturated carbocycles. The maximum Gasteiger partial charge on any atom is 0.203 e. The normalized spacial score (nSPS) is 17.9. The highest BCUT2D eigenvalue weighted by molar-refractivity contribution is 5.28. The largest absolute Gasteiger partial charge is 0.353 e. The van der Waals surface area contributed by atoms with Crippen LogP contribution in [-0.2, 0) is 6.54 Å². The van der Waals surface area contributed by atoms with Crippen LogP contribution in [0, 0.1) is 5.41 Å². The van der Waals surface area contributed by atoms with Crippen LogP contribution in [0.25, 0.3) is 0 Å². The van der Waals surface area contributed by atoms with Crippen molar-refractivity contribution in [2.75, 3.05) is 5.32 Å². The van der Waals surface area contributed by atoms with E-state index in [1.165, 1.54) is 25.7 Å². The second kappa shape index (κ2) is 4.48. The molecule has 0 spiro atoms. The van der Waals surface area contributed by atoms with Gasteiger partial charge in [0.15, 0.2) is 0 Å². The molecule has 0 unspecified atom stereocenters. The van der Waals surface area contributed by atoms with Gasteiger partial charge in [-0.3, -0.25) is 0 Å². The molecule has 3 nitrogen and oxygen atoms in total. The Morgan fingerprint density at radius 3 is 2.69 bits per heavy atom. The first kappa shape index (κ1) is 11.5. The zero-order chi connectivity index (χ0) is 11.6. The van der Waals surface area contributed by atoms with Gasteiger partial charge in [-0.2, -0.15) is 0 Å². The van der Waals surface area contributed by atoms with Gasteiger partial charge >= 0.3 is 0 Å². The third-order valence-electron chi connectivity index (χ3n) is 3.05. The standard InChI is InChI=1S/C13H23N3/c1-13(2,3)10-16-9-8-14-12(16)15-11-6-4-5-7-11/h8-9,11H,4-7,10H2,1-3H3,(H,14,15). The molecule has 0 aliphatic heterocycles. The molecule has 1 heterocycles. The Labute approximate surface area is 98.3 Å². The molecule has 1 aliphatic carbocycles. The Bertz CT molecular complexity index is 329. The third-order valence-corrected chi connectivity index (χ3v) is 3.05. The van der Waals surface area contributed by atoms with Gasteiger partial charge in [0.05, 0.1) is 0 Å². The van der Waals surface area contributed by atoms with E-state index < -0.39 is 0 Å². The molecule has 1 fully saturated rings. The van der Waals surface area contributed by atoms with E-state index in [0.717, 1.165) is 12.5 Å². The van der Waals surface area contributed by atoms with Crippen molar-refractivity contribution in [3.05, 3.63) is 12.4 Å². The van der Waals surface area contributed by atoms with Crippen LogP contribution in [0.5, 0.6) is 0 Å². The molecule has 1 aromatic heterocycles. The molecule has 0 atom stereocenters. The summed E-state index contributed by atoms with van der Waals surface area (Å²) in [4.78, 5) is 4.42. The second-order valence-corrected chi connectivity index (χ2v) is 6.07. The molecule has 1 N–H and O–H groups in total. The maximum absolute atomic E-state index is 4.42. The minimum absolute atomic E-state index is 0.298. The first-order valence-electron chi connectivity index (χ1n) is 6.32. The molecule has 0 bridgehead atoms. The van der Waals surface area contributed by atoms with Crippen LogP contribution in [0.2, 0.25) is 0 Å². The van der Waals surface area contributed by atoms with E-state index in [9.17, 15) is 0 Å². The van der Waals surface area contributed by atoms with Crippen LogP contribution < -0.4 is 5.32 Å². The predicted octanol–water partition coefficient (Wildman–Crippen LogP) is 3.28. The lowest BCUT2D eigenvalue weighted by Crippen LogP contribution is -2.21. The zero-order valence-corrected chi connectivity index (χ0v) is 10.7. The molecule has 0 amide bonds. The lowest BCUT2D eigenvalue weighted by atomic mass is 9.97. The Balaban J connectivity index is 2.01. The Hall–Kier alpha value is -0.990. The highest BCUT2D eigenvalue weighted by Crippen LogP contribution is 2.23. The Kier molecular flexibility index (Phi) is 3.22. The molecular formula is C13H23N3. The fraction of sp³-hybridized carbons (Fsp3) is 0.769. The van der Waals surface area contributed by atoms with E-state index in [-0.39, 0.29) is 0 Å². The van der Waals surface area contributed by atoms with Crippen LogP contribution in [-0.4, -0.2) is 15.6 Å². The predicted molar refractivity (Wildman–Crippen MR) is 67.6 cm³/mol. The number of aromatic nitrogens is 2. The maximum atomic E-state index is 4.42. The summed E-state index contributed by atoms with van der Waals surface area (Å²) in [6.07, 6.45) is 9.27. The first-order valence-corrected chi connectivity index (χ1v) is 6.32. The van der Waals surface area contributed by atoms with Crippen molar-refractivity contribution in [2.45, 2.75) is 59.0 Å². The van der Waals surface area contributed by atoms with Crippen molar-refractivity contribution >= 4 is 5.95 Å². The van der Waals surface area contributed by atoms with E-state index >= 15 is 0 Å².